The summed E-state index contributed by atoms with van der Waals surface area (Å²) in [6.45, 7) is 0.578. The van der Waals surface area contributed by atoms with E-state index in [0.717, 1.165) is 4.90 Å². The number of carbonyl (C=O) groups is 1. The van der Waals surface area contributed by atoms with Gasteiger partial charge in [-0.05, 0) is 18.4 Å². The lowest BCUT2D eigenvalue weighted by atomic mass is 10.1. The Bertz CT molecular complexity index is 424. The Balaban J connectivity index is 2.99. The monoisotopic (exact) mass is 235 g/mol. The summed E-state index contributed by atoms with van der Waals surface area (Å²) in [5, 5.41) is 12.2. The van der Waals surface area contributed by atoms with Crippen molar-refractivity contribution in [3.63, 3.8) is 0 Å². The van der Waals surface area contributed by atoms with E-state index in [4.69, 9.17) is 11.5 Å². The van der Waals surface area contributed by atoms with Crippen LogP contribution in [0.25, 0.3) is 0 Å². The lowest BCUT2D eigenvalue weighted by molar-refractivity contribution is 0.0694. The first-order valence-electron chi connectivity index (χ1n) is 4.78. The van der Waals surface area contributed by atoms with Gasteiger partial charge in [0.15, 0.2) is 0 Å². The van der Waals surface area contributed by atoms with Gasteiger partial charge in [-0.1, -0.05) is 6.07 Å². The highest BCUT2D eigenvalue weighted by atomic mass is 32.2. The molecule has 2 N–H and O–H groups in total. The third-order valence-electron chi connectivity index (χ3n) is 2.04. The fourth-order valence-corrected chi connectivity index (χ4v) is 1.95. The summed E-state index contributed by atoms with van der Waals surface area (Å²) in [4.78, 5) is 11.9. The number of terminal acetylenes is 1. The number of thioether (sulfide) groups is 1. The fourth-order valence-electron chi connectivity index (χ4n) is 1.34. The molecule has 0 atom stereocenters. The summed E-state index contributed by atoms with van der Waals surface area (Å²) < 4.78 is 0. The van der Waals surface area contributed by atoms with Crippen LogP contribution in [0, 0.1) is 12.3 Å². The molecule has 4 heteroatoms. The molecule has 0 radical (unpaired) electrons. The second kappa shape index (κ2) is 6.09. The van der Waals surface area contributed by atoms with Crippen LogP contribution in [0.2, 0.25) is 0 Å². The molecule has 3 nitrogen and oxygen atoms in total. The van der Waals surface area contributed by atoms with Crippen LogP contribution in [0.5, 0.6) is 0 Å². The molecule has 0 aromatic heterocycles. The minimum absolute atomic E-state index is 0.312. The van der Waals surface area contributed by atoms with Gasteiger partial charge in [0.2, 0.25) is 0 Å². The maximum atomic E-state index is 11.1. The predicted octanol–water partition coefficient (Wildman–Crippen LogP) is 2.54. The first-order valence-corrected chi connectivity index (χ1v) is 6.00. The van der Waals surface area contributed by atoms with Gasteiger partial charge in [0, 0.05) is 23.5 Å². The van der Waals surface area contributed by atoms with Crippen molar-refractivity contribution in [3.8, 4) is 12.3 Å². The van der Waals surface area contributed by atoms with Crippen molar-refractivity contribution in [1.29, 1.82) is 0 Å². The molecule has 0 aliphatic carbocycles. The summed E-state index contributed by atoms with van der Waals surface area (Å²) >= 11 is 1.42. The Morgan fingerprint density at radius 2 is 2.38 bits per heavy atom. The molecule has 1 aromatic carbocycles. The van der Waals surface area contributed by atoms with Gasteiger partial charge in [-0.15, -0.1) is 24.1 Å². The molecule has 0 saturated heterocycles. The van der Waals surface area contributed by atoms with Crippen molar-refractivity contribution in [1.82, 2.24) is 0 Å². The van der Waals surface area contributed by atoms with Crippen LogP contribution in [-0.2, 0) is 0 Å². The molecule has 0 bridgehead atoms. The average molecular weight is 235 g/mol. The third kappa shape index (κ3) is 2.94. The number of hydrogen-bond donors (Lipinski definition) is 2. The topological polar surface area (TPSA) is 49.3 Å². The van der Waals surface area contributed by atoms with Gasteiger partial charge < -0.3 is 10.4 Å². The lowest BCUT2D eigenvalue weighted by Gasteiger charge is -2.11. The van der Waals surface area contributed by atoms with Gasteiger partial charge >= 0.3 is 5.97 Å². The van der Waals surface area contributed by atoms with Crippen molar-refractivity contribution in [2.24, 2.45) is 0 Å². The largest absolute Gasteiger partial charge is 0.478 e. The number of hydrogen-bond acceptors (Lipinski definition) is 3. The normalized spacial score (nSPS) is 9.50. The second-order valence-electron chi connectivity index (χ2n) is 3.07. The predicted molar refractivity (Wildman–Crippen MR) is 67.1 cm³/mol. The third-order valence-corrected chi connectivity index (χ3v) is 2.82. The maximum absolute atomic E-state index is 11.1. The molecule has 84 valence electrons. The number of rotatable bonds is 5. The van der Waals surface area contributed by atoms with E-state index in [9.17, 15) is 4.79 Å². The molecule has 0 unspecified atom stereocenters. The van der Waals surface area contributed by atoms with Crippen molar-refractivity contribution < 1.29 is 9.90 Å². The van der Waals surface area contributed by atoms with E-state index in [1.807, 2.05) is 12.3 Å². The molecule has 0 spiro atoms. The minimum Gasteiger partial charge on any atom is -0.478 e. The summed E-state index contributed by atoms with van der Waals surface area (Å²) in [5.74, 6) is 1.58. The van der Waals surface area contributed by atoms with Gasteiger partial charge in [-0.25, -0.2) is 4.79 Å². The first kappa shape index (κ1) is 12.5. The van der Waals surface area contributed by atoms with Gasteiger partial charge in [-0.2, -0.15) is 0 Å². The zero-order valence-corrected chi connectivity index (χ0v) is 9.80. The maximum Gasteiger partial charge on any atom is 0.338 e. The Morgan fingerprint density at radius 3 is 2.94 bits per heavy atom. The number of carboxylic acid groups (broad SMARTS) is 1. The van der Waals surface area contributed by atoms with Gasteiger partial charge in [-0.3, -0.25) is 0 Å². The number of carboxylic acids is 1. The number of benzene rings is 1. The Kier molecular flexibility index (Phi) is 4.74. The van der Waals surface area contributed by atoms with Crippen LogP contribution in [-0.4, -0.2) is 23.9 Å². The molecule has 0 fully saturated rings. The van der Waals surface area contributed by atoms with Gasteiger partial charge in [0.05, 0.1) is 5.56 Å². The van der Waals surface area contributed by atoms with Crippen LogP contribution in [0.15, 0.2) is 23.1 Å². The molecule has 0 aliphatic heterocycles. The fraction of sp³-hybridized carbons (Fsp3) is 0.250. The van der Waals surface area contributed by atoms with E-state index >= 15 is 0 Å². The van der Waals surface area contributed by atoms with Crippen LogP contribution < -0.4 is 5.32 Å². The molecule has 0 aliphatic rings. The molecular weight excluding hydrogens is 222 g/mol. The van der Waals surface area contributed by atoms with Crippen LogP contribution in [0.4, 0.5) is 5.69 Å². The Hall–Kier alpha value is -1.60. The second-order valence-corrected chi connectivity index (χ2v) is 3.92. The Labute approximate surface area is 99.2 Å². The van der Waals surface area contributed by atoms with Crippen molar-refractivity contribution in [2.45, 2.75) is 11.3 Å². The van der Waals surface area contributed by atoms with E-state index in [0.29, 0.717) is 24.2 Å². The van der Waals surface area contributed by atoms with Gasteiger partial charge in [0.1, 0.15) is 0 Å². The van der Waals surface area contributed by atoms with Crippen molar-refractivity contribution in [2.75, 3.05) is 18.1 Å². The molecule has 1 rings (SSSR count). The molecule has 0 heterocycles. The number of nitrogens with one attached hydrogen (secondary N) is 1. The highest BCUT2D eigenvalue weighted by Crippen LogP contribution is 2.27. The summed E-state index contributed by atoms with van der Waals surface area (Å²) in [6.07, 6.45) is 7.56. The highest BCUT2D eigenvalue weighted by molar-refractivity contribution is 7.98. The smallest absolute Gasteiger partial charge is 0.338 e. The van der Waals surface area contributed by atoms with Crippen molar-refractivity contribution >= 4 is 23.4 Å². The van der Waals surface area contributed by atoms with E-state index in [2.05, 4.69) is 11.2 Å². The van der Waals surface area contributed by atoms with E-state index in [1.165, 1.54) is 11.8 Å². The molecule has 0 saturated carbocycles. The zero-order valence-electron chi connectivity index (χ0n) is 8.99. The zero-order chi connectivity index (χ0) is 12.0. The van der Waals surface area contributed by atoms with Crippen LogP contribution in [0.3, 0.4) is 0 Å². The standard InChI is InChI=1S/C12H13NO2S/c1-3-4-8-13-9-6-5-7-10(16-2)11(9)12(14)15/h1,5-7,13H,4,8H2,2H3,(H,14,15). The lowest BCUT2D eigenvalue weighted by Crippen LogP contribution is -2.08. The quantitative estimate of drug-likeness (QED) is 0.468. The molecule has 1 aromatic rings. The molecule has 0 amide bonds. The number of anilines is 1. The van der Waals surface area contributed by atoms with Crippen LogP contribution in [0.1, 0.15) is 16.8 Å². The Morgan fingerprint density at radius 1 is 1.62 bits per heavy atom. The van der Waals surface area contributed by atoms with Crippen LogP contribution >= 0.6 is 11.8 Å². The first-order chi connectivity index (χ1) is 7.70. The van der Waals surface area contributed by atoms with E-state index in [-0.39, 0.29) is 0 Å². The van der Waals surface area contributed by atoms with Gasteiger partial charge in [0.25, 0.3) is 0 Å². The average Bonchev–Trinajstić information content (AvgIpc) is 2.28. The number of aromatic carboxylic acids is 1. The summed E-state index contributed by atoms with van der Waals surface area (Å²) in [6, 6.07) is 5.37. The summed E-state index contributed by atoms with van der Waals surface area (Å²) in [5.41, 5.74) is 0.932. The molecule has 16 heavy (non-hydrogen) atoms. The van der Waals surface area contributed by atoms with E-state index in [1.54, 1.807) is 12.1 Å². The summed E-state index contributed by atoms with van der Waals surface area (Å²) in [7, 11) is 0. The minimum atomic E-state index is -0.923. The van der Waals surface area contributed by atoms with E-state index < -0.39 is 5.97 Å². The molecular formula is C12H13NO2S. The van der Waals surface area contributed by atoms with Crippen molar-refractivity contribution in [3.05, 3.63) is 23.8 Å². The highest BCUT2D eigenvalue weighted by Gasteiger charge is 2.14. The SMILES string of the molecule is C#CCCNc1cccc(SC)c1C(=O)O.